The molecule has 0 aromatic heterocycles. The van der Waals surface area contributed by atoms with Crippen LogP contribution in [0.25, 0.3) is 10.8 Å². The van der Waals surface area contributed by atoms with Gasteiger partial charge in [-0.25, -0.2) is 0 Å². The molecular weight excluding hydrogens is 256 g/mol. The van der Waals surface area contributed by atoms with Crippen molar-refractivity contribution in [3.8, 4) is 0 Å². The fraction of sp³-hybridized carbons (Fsp3) is 0.267. The van der Waals surface area contributed by atoms with Crippen LogP contribution in [0.3, 0.4) is 0 Å². The number of amides is 1. The molecule has 3 rings (SSSR count). The summed E-state index contributed by atoms with van der Waals surface area (Å²) in [4.78, 5) is 11.9. The molecule has 1 saturated heterocycles. The molecule has 1 aliphatic rings. The van der Waals surface area contributed by atoms with Gasteiger partial charge in [-0.1, -0.05) is 42.5 Å². The summed E-state index contributed by atoms with van der Waals surface area (Å²) in [7, 11) is 0. The molecule has 1 heterocycles. The number of hydrogen-bond donors (Lipinski definition) is 2. The summed E-state index contributed by atoms with van der Waals surface area (Å²) >= 11 is 1.76. The molecule has 0 saturated carbocycles. The molecule has 4 heteroatoms. The summed E-state index contributed by atoms with van der Waals surface area (Å²) in [5, 5.41) is 5.26. The zero-order chi connectivity index (χ0) is 13.2. The molecular formula is C15H16N2OS. The smallest absolute Gasteiger partial charge is 0.238 e. The molecule has 98 valence electrons. The van der Waals surface area contributed by atoms with E-state index in [0.29, 0.717) is 6.54 Å². The first-order valence-corrected chi connectivity index (χ1v) is 7.45. The quantitative estimate of drug-likeness (QED) is 0.835. The Balaban J connectivity index is 2.09. The topological polar surface area (TPSA) is 55.1 Å². The van der Waals surface area contributed by atoms with E-state index in [0.717, 1.165) is 11.3 Å². The van der Waals surface area contributed by atoms with Gasteiger partial charge in [0.05, 0.1) is 5.25 Å². The molecule has 3 nitrogen and oxygen atoms in total. The van der Waals surface area contributed by atoms with E-state index in [-0.39, 0.29) is 11.2 Å². The van der Waals surface area contributed by atoms with Gasteiger partial charge in [-0.05, 0) is 16.3 Å². The van der Waals surface area contributed by atoms with Crippen molar-refractivity contribution in [1.29, 1.82) is 0 Å². The van der Waals surface area contributed by atoms with Crippen LogP contribution in [0, 0.1) is 0 Å². The summed E-state index contributed by atoms with van der Waals surface area (Å²) in [6.07, 6.45) is 0. The number of nitrogens with two attached hydrogens (primary N) is 1. The monoisotopic (exact) mass is 272 g/mol. The van der Waals surface area contributed by atoms with E-state index in [4.69, 9.17) is 5.73 Å². The summed E-state index contributed by atoms with van der Waals surface area (Å²) < 4.78 is 0. The Kier molecular flexibility index (Phi) is 3.44. The summed E-state index contributed by atoms with van der Waals surface area (Å²) in [5.41, 5.74) is 7.27. The van der Waals surface area contributed by atoms with Gasteiger partial charge in [-0.15, -0.1) is 11.8 Å². The number of benzene rings is 2. The van der Waals surface area contributed by atoms with Crippen LogP contribution < -0.4 is 11.1 Å². The highest BCUT2D eigenvalue weighted by molar-refractivity contribution is 7.99. The lowest BCUT2D eigenvalue weighted by Gasteiger charge is -2.21. The number of thioether (sulfide) groups is 1. The van der Waals surface area contributed by atoms with Crippen molar-refractivity contribution in [1.82, 2.24) is 5.32 Å². The van der Waals surface area contributed by atoms with Crippen molar-refractivity contribution in [2.24, 2.45) is 5.73 Å². The summed E-state index contributed by atoms with van der Waals surface area (Å²) in [6, 6.07) is 14.0. The molecule has 1 aliphatic heterocycles. The van der Waals surface area contributed by atoms with E-state index in [1.54, 1.807) is 11.8 Å². The van der Waals surface area contributed by atoms with E-state index in [2.05, 4.69) is 29.6 Å². The number of rotatable bonds is 1. The van der Waals surface area contributed by atoms with E-state index in [1.165, 1.54) is 10.8 Å². The van der Waals surface area contributed by atoms with Crippen LogP contribution in [0.15, 0.2) is 42.5 Å². The average molecular weight is 272 g/mol. The maximum Gasteiger partial charge on any atom is 0.238 e. The van der Waals surface area contributed by atoms with Gasteiger partial charge in [0.2, 0.25) is 5.91 Å². The van der Waals surface area contributed by atoms with Crippen molar-refractivity contribution in [2.75, 3.05) is 12.3 Å². The third-order valence-electron chi connectivity index (χ3n) is 3.46. The summed E-state index contributed by atoms with van der Waals surface area (Å²) in [5.74, 6) is 0.843. The maximum atomic E-state index is 11.9. The number of carbonyl (C=O) groups is 1. The second-order valence-electron chi connectivity index (χ2n) is 4.68. The van der Waals surface area contributed by atoms with E-state index in [1.807, 2.05) is 18.2 Å². The van der Waals surface area contributed by atoms with Crippen LogP contribution in [0.5, 0.6) is 0 Å². The SMILES string of the molecule is NC1C(=O)NCCSC1c1cccc2ccccc12. The Morgan fingerprint density at radius 1 is 1.16 bits per heavy atom. The van der Waals surface area contributed by atoms with Crippen LogP contribution in [0.1, 0.15) is 10.8 Å². The zero-order valence-corrected chi connectivity index (χ0v) is 11.3. The van der Waals surface area contributed by atoms with Crippen LogP contribution >= 0.6 is 11.8 Å². The van der Waals surface area contributed by atoms with Crippen LogP contribution in [0.2, 0.25) is 0 Å². The zero-order valence-electron chi connectivity index (χ0n) is 10.5. The molecule has 2 atom stereocenters. The van der Waals surface area contributed by atoms with Gasteiger partial charge in [-0.3, -0.25) is 4.79 Å². The number of carbonyl (C=O) groups excluding carboxylic acids is 1. The number of hydrogen-bond acceptors (Lipinski definition) is 3. The van der Waals surface area contributed by atoms with Crippen molar-refractivity contribution < 1.29 is 4.79 Å². The fourth-order valence-electron chi connectivity index (χ4n) is 2.50. The minimum Gasteiger partial charge on any atom is -0.354 e. The highest BCUT2D eigenvalue weighted by atomic mass is 32.2. The van der Waals surface area contributed by atoms with Crippen LogP contribution in [0.4, 0.5) is 0 Å². The molecule has 2 aromatic carbocycles. The second-order valence-corrected chi connectivity index (χ2v) is 5.93. The maximum absolute atomic E-state index is 11.9. The third-order valence-corrected chi connectivity index (χ3v) is 4.80. The lowest BCUT2D eigenvalue weighted by atomic mass is 9.98. The predicted octanol–water partition coefficient (Wildman–Crippen LogP) is 2.07. The molecule has 19 heavy (non-hydrogen) atoms. The first-order chi connectivity index (χ1) is 9.27. The Hall–Kier alpha value is -1.52. The molecule has 0 bridgehead atoms. The van der Waals surface area contributed by atoms with E-state index >= 15 is 0 Å². The third kappa shape index (κ3) is 2.33. The first-order valence-electron chi connectivity index (χ1n) is 6.40. The highest BCUT2D eigenvalue weighted by Crippen LogP contribution is 2.36. The van der Waals surface area contributed by atoms with Gasteiger partial charge in [0, 0.05) is 12.3 Å². The van der Waals surface area contributed by atoms with E-state index in [9.17, 15) is 4.79 Å². The average Bonchev–Trinajstić information content (AvgIpc) is 2.61. The fourth-order valence-corrected chi connectivity index (χ4v) is 3.69. The Bertz CT molecular complexity index is 609. The predicted molar refractivity (Wildman–Crippen MR) is 80.1 cm³/mol. The molecule has 3 N–H and O–H groups in total. The van der Waals surface area contributed by atoms with Gasteiger partial charge < -0.3 is 11.1 Å². The first kappa shape index (κ1) is 12.5. The second kappa shape index (κ2) is 5.23. The molecule has 0 radical (unpaired) electrons. The minimum atomic E-state index is -0.488. The van der Waals surface area contributed by atoms with E-state index < -0.39 is 6.04 Å². The molecule has 2 unspecified atom stereocenters. The Morgan fingerprint density at radius 2 is 1.95 bits per heavy atom. The van der Waals surface area contributed by atoms with Gasteiger partial charge in [0.15, 0.2) is 0 Å². The Morgan fingerprint density at radius 3 is 2.84 bits per heavy atom. The molecule has 1 fully saturated rings. The number of fused-ring (bicyclic) bond motifs is 1. The number of nitrogens with one attached hydrogen (secondary N) is 1. The van der Waals surface area contributed by atoms with Crippen LogP contribution in [-0.2, 0) is 4.79 Å². The standard InChI is InChI=1S/C15H16N2OS/c16-13-14(19-9-8-17-15(13)18)12-7-3-5-10-4-1-2-6-11(10)12/h1-7,13-14H,8-9,16H2,(H,17,18). The highest BCUT2D eigenvalue weighted by Gasteiger charge is 2.29. The van der Waals surface area contributed by atoms with Crippen molar-refractivity contribution in [3.63, 3.8) is 0 Å². The van der Waals surface area contributed by atoms with Crippen molar-refractivity contribution in [2.45, 2.75) is 11.3 Å². The van der Waals surface area contributed by atoms with Gasteiger partial charge in [0.1, 0.15) is 6.04 Å². The van der Waals surface area contributed by atoms with Gasteiger partial charge in [-0.2, -0.15) is 0 Å². The van der Waals surface area contributed by atoms with Gasteiger partial charge in [0.25, 0.3) is 0 Å². The molecule has 0 aliphatic carbocycles. The molecule has 0 spiro atoms. The lowest BCUT2D eigenvalue weighted by molar-refractivity contribution is -0.122. The van der Waals surface area contributed by atoms with Crippen molar-refractivity contribution >= 4 is 28.4 Å². The molecule has 2 aromatic rings. The van der Waals surface area contributed by atoms with Crippen molar-refractivity contribution in [3.05, 3.63) is 48.0 Å². The van der Waals surface area contributed by atoms with Crippen LogP contribution in [-0.4, -0.2) is 24.2 Å². The van der Waals surface area contributed by atoms with Gasteiger partial charge >= 0.3 is 0 Å². The molecule has 1 amide bonds. The summed E-state index contributed by atoms with van der Waals surface area (Å²) in [6.45, 7) is 0.693. The minimum absolute atomic E-state index is 0.0219. The largest absolute Gasteiger partial charge is 0.354 e. The lowest BCUT2D eigenvalue weighted by Crippen LogP contribution is -2.42. The normalized spacial score (nSPS) is 23.9. The Labute approximate surface area is 116 Å².